The van der Waals surface area contributed by atoms with Crippen molar-refractivity contribution in [2.75, 3.05) is 33.3 Å². The van der Waals surface area contributed by atoms with E-state index in [1.54, 1.807) is 6.92 Å². The molecule has 122 valence electrons. The summed E-state index contributed by atoms with van der Waals surface area (Å²) in [5.41, 5.74) is 1.11. The smallest absolute Gasteiger partial charge is 0.321 e. The first-order chi connectivity index (χ1) is 10.5. The van der Waals surface area contributed by atoms with Gasteiger partial charge < -0.3 is 10.1 Å². The normalized spacial score (nSPS) is 10.4. The monoisotopic (exact) mass is 307 g/mol. The van der Waals surface area contributed by atoms with Crippen molar-refractivity contribution in [3.63, 3.8) is 0 Å². The summed E-state index contributed by atoms with van der Waals surface area (Å²) in [4.78, 5) is 24.7. The number of amides is 3. The molecule has 0 heterocycles. The maximum absolute atomic E-state index is 11.6. The summed E-state index contributed by atoms with van der Waals surface area (Å²) in [6.45, 7) is 5.78. The summed E-state index contributed by atoms with van der Waals surface area (Å²) in [6, 6.07) is 7.42. The van der Waals surface area contributed by atoms with Crippen molar-refractivity contribution in [1.29, 1.82) is 0 Å². The van der Waals surface area contributed by atoms with E-state index < -0.39 is 6.03 Å². The number of hydrogen-bond acceptors (Lipinski definition) is 4. The van der Waals surface area contributed by atoms with Gasteiger partial charge in [0.25, 0.3) is 0 Å². The molecule has 0 saturated carbocycles. The fourth-order valence-corrected chi connectivity index (χ4v) is 1.93. The van der Waals surface area contributed by atoms with Crippen molar-refractivity contribution in [2.24, 2.45) is 0 Å². The summed E-state index contributed by atoms with van der Waals surface area (Å²) in [5, 5.41) is 4.79. The molecule has 0 saturated heterocycles. The topological polar surface area (TPSA) is 70.7 Å². The molecule has 0 atom stereocenters. The molecule has 1 aromatic rings. The lowest BCUT2D eigenvalue weighted by molar-refractivity contribution is -0.120. The van der Waals surface area contributed by atoms with Gasteiger partial charge in [-0.05, 0) is 38.9 Å². The van der Waals surface area contributed by atoms with Crippen molar-refractivity contribution in [2.45, 2.75) is 20.3 Å². The first kappa shape index (κ1) is 18.0. The van der Waals surface area contributed by atoms with Crippen LogP contribution < -0.4 is 15.4 Å². The molecule has 2 N–H and O–H groups in total. The van der Waals surface area contributed by atoms with Crippen LogP contribution in [0.15, 0.2) is 24.3 Å². The molecular weight excluding hydrogens is 282 g/mol. The van der Waals surface area contributed by atoms with Gasteiger partial charge in [0, 0.05) is 13.1 Å². The second-order valence-corrected chi connectivity index (χ2v) is 5.11. The van der Waals surface area contributed by atoms with Gasteiger partial charge in [-0.15, -0.1) is 0 Å². The van der Waals surface area contributed by atoms with Gasteiger partial charge in [-0.25, -0.2) is 4.79 Å². The number of ether oxygens (including phenoxy) is 1. The van der Waals surface area contributed by atoms with Crippen LogP contribution in [0.5, 0.6) is 5.75 Å². The lowest BCUT2D eigenvalue weighted by Gasteiger charge is -2.16. The maximum Gasteiger partial charge on any atom is 0.321 e. The Morgan fingerprint density at radius 2 is 2.00 bits per heavy atom. The van der Waals surface area contributed by atoms with Crippen molar-refractivity contribution in [3.05, 3.63) is 29.8 Å². The van der Waals surface area contributed by atoms with Gasteiger partial charge in [0.15, 0.2) is 0 Å². The van der Waals surface area contributed by atoms with E-state index in [1.807, 2.05) is 43.1 Å². The average Bonchev–Trinajstić information content (AvgIpc) is 2.45. The van der Waals surface area contributed by atoms with Gasteiger partial charge in [-0.3, -0.25) is 15.0 Å². The number of rotatable bonds is 8. The number of urea groups is 1. The minimum Gasteiger partial charge on any atom is -0.493 e. The number of carbonyl (C=O) groups is 2. The Balaban J connectivity index is 2.18. The zero-order chi connectivity index (χ0) is 16.4. The Morgan fingerprint density at radius 1 is 1.27 bits per heavy atom. The van der Waals surface area contributed by atoms with Crippen LogP contribution in [0.2, 0.25) is 0 Å². The van der Waals surface area contributed by atoms with Gasteiger partial charge in [-0.1, -0.05) is 18.2 Å². The van der Waals surface area contributed by atoms with Crippen molar-refractivity contribution in [3.8, 4) is 5.75 Å². The summed E-state index contributed by atoms with van der Waals surface area (Å²) < 4.78 is 5.70. The number of benzene rings is 1. The molecule has 1 aromatic carbocycles. The standard InChI is InChI=1S/C16H25N3O3/c1-4-17-16(21)18-15(20)12-19(3)10-7-11-22-14-9-6-5-8-13(14)2/h5-6,8-9H,4,7,10-12H2,1-3H3,(H2,17,18,20,21). The molecule has 22 heavy (non-hydrogen) atoms. The zero-order valence-corrected chi connectivity index (χ0v) is 13.5. The van der Waals surface area contributed by atoms with E-state index in [0.29, 0.717) is 19.7 Å². The molecule has 6 heteroatoms. The largest absolute Gasteiger partial charge is 0.493 e. The van der Waals surface area contributed by atoms with Crippen LogP contribution in [0.25, 0.3) is 0 Å². The van der Waals surface area contributed by atoms with Gasteiger partial charge in [0.1, 0.15) is 5.75 Å². The highest BCUT2D eigenvalue weighted by molar-refractivity contribution is 5.95. The fourth-order valence-electron chi connectivity index (χ4n) is 1.93. The van der Waals surface area contributed by atoms with Gasteiger partial charge in [0.05, 0.1) is 13.2 Å². The number of likely N-dealkylation sites (N-methyl/N-ethyl adjacent to an activating group) is 1. The second-order valence-electron chi connectivity index (χ2n) is 5.11. The zero-order valence-electron chi connectivity index (χ0n) is 13.5. The number of nitrogens with zero attached hydrogens (tertiary/aromatic N) is 1. The Hall–Kier alpha value is -2.08. The van der Waals surface area contributed by atoms with Crippen LogP contribution in [-0.4, -0.2) is 50.1 Å². The van der Waals surface area contributed by atoms with E-state index in [9.17, 15) is 9.59 Å². The minimum atomic E-state index is -0.455. The Labute approximate surface area is 131 Å². The van der Waals surface area contributed by atoms with Gasteiger partial charge in [0.2, 0.25) is 5.91 Å². The molecule has 0 unspecified atom stereocenters. The summed E-state index contributed by atoms with van der Waals surface area (Å²) in [7, 11) is 1.84. The Kier molecular flexibility index (Phi) is 7.99. The third kappa shape index (κ3) is 7.08. The first-order valence-corrected chi connectivity index (χ1v) is 7.47. The molecule has 0 spiro atoms. The van der Waals surface area contributed by atoms with E-state index in [-0.39, 0.29) is 12.5 Å². The number of para-hydroxylation sites is 1. The Morgan fingerprint density at radius 3 is 2.68 bits per heavy atom. The number of hydrogen-bond donors (Lipinski definition) is 2. The SMILES string of the molecule is CCNC(=O)NC(=O)CN(C)CCCOc1ccccc1C. The second kappa shape index (κ2) is 9.78. The molecule has 0 bridgehead atoms. The van der Waals surface area contributed by atoms with E-state index in [4.69, 9.17) is 4.74 Å². The number of imide groups is 1. The molecular formula is C16H25N3O3. The molecule has 0 aliphatic rings. The molecule has 0 fully saturated rings. The third-order valence-corrected chi connectivity index (χ3v) is 3.04. The molecule has 6 nitrogen and oxygen atoms in total. The van der Waals surface area contributed by atoms with Gasteiger partial charge >= 0.3 is 6.03 Å². The number of nitrogens with one attached hydrogen (secondary N) is 2. The molecule has 0 aromatic heterocycles. The molecule has 0 radical (unpaired) electrons. The van der Waals surface area contributed by atoms with Crippen LogP contribution in [0.3, 0.4) is 0 Å². The van der Waals surface area contributed by atoms with Crippen LogP contribution >= 0.6 is 0 Å². The molecule has 0 aliphatic carbocycles. The highest BCUT2D eigenvalue weighted by Crippen LogP contribution is 2.16. The summed E-state index contributed by atoms with van der Waals surface area (Å²) >= 11 is 0. The third-order valence-electron chi connectivity index (χ3n) is 3.04. The first-order valence-electron chi connectivity index (χ1n) is 7.47. The maximum atomic E-state index is 11.6. The number of aryl methyl sites for hydroxylation is 1. The minimum absolute atomic E-state index is 0.182. The molecule has 1 rings (SSSR count). The number of carbonyl (C=O) groups excluding carboxylic acids is 2. The fraction of sp³-hybridized carbons (Fsp3) is 0.500. The predicted molar refractivity (Wildman–Crippen MR) is 86.0 cm³/mol. The van der Waals surface area contributed by atoms with Crippen LogP contribution in [0.4, 0.5) is 4.79 Å². The highest BCUT2D eigenvalue weighted by Gasteiger charge is 2.09. The van der Waals surface area contributed by atoms with Crippen LogP contribution in [0, 0.1) is 6.92 Å². The van der Waals surface area contributed by atoms with Crippen LogP contribution in [0.1, 0.15) is 18.9 Å². The molecule has 0 aliphatic heterocycles. The average molecular weight is 307 g/mol. The van der Waals surface area contributed by atoms with Crippen molar-refractivity contribution in [1.82, 2.24) is 15.5 Å². The molecule has 3 amide bonds. The lowest BCUT2D eigenvalue weighted by atomic mass is 10.2. The van der Waals surface area contributed by atoms with Gasteiger partial charge in [-0.2, -0.15) is 0 Å². The van der Waals surface area contributed by atoms with E-state index in [0.717, 1.165) is 17.7 Å². The summed E-state index contributed by atoms with van der Waals surface area (Å²) in [5.74, 6) is 0.576. The van der Waals surface area contributed by atoms with Crippen molar-refractivity contribution >= 4 is 11.9 Å². The van der Waals surface area contributed by atoms with E-state index in [1.165, 1.54) is 0 Å². The van der Waals surface area contributed by atoms with E-state index >= 15 is 0 Å². The highest BCUT2D eigenvalue weighted by atomic mass is 16.5. The van der Waals surface area contributed by atoms with Crippen LogP contribution in [-0.2, 0) is 4.79 Å². The van der Waals surface area contributed by atoms with Crippen molar-refractivity contribution < 1.29 is 14.3 Å². The predicted octanol–water partition coefficient (Wildman–Crippen LogP) is 1.54. The Bertz CT molecular complexity index is 491. The summed E-state index contributed by atoms with van der Waals surface area (Å²) in [6.07, 6.45) is 0.805. The van der Waals surface area contributed by atoms with E-state index in [2.05, 4.69) is 10.6 Å². The lowest BCUT2D eigenvalue weighted by Crippen LogP contribution is -2.43. The quantitative estimate of drug-likeness (QED) is 0.715.